The molecule has 2 fully saturated rings. The fourth-order valence-electron chi connectivity index (χ4n) is 3.08. The molecule has 0 bridgehead atoms. The molecule has 0 unspecified atom stereocenters. The minimum absolute atomic E-state index is 0. The van der Waals surface area contributed by atoms with Crippen molar-refractivity contribution in [2.75, 3.05) is 20.1 Å². The molecule has 0 aliphatic heterocycles. The van der Waals surface area contributed by atoms with Gasteiger partial charge in [-0.1, -0.05) is 12.1 Å². The van der Waals surface area contributed by atoms with Gasteiger partial charge in [-0.15, -0.1) is 24.0 Å². The molecule has 0 atom stereocenters. The fourth-order valence-corrected chi connectivity index (χ4v) is 3.08. The number of benzene rings is 1. The van der Waals surface area contributed by atoms with Gasteiger partial charge in [0.2, 0.25) is 0 Å². The first-order valence-corrected chi connectivity index (χ1v) is 7.91. The van der Waals surface area contributed by atoms with Crippen LogP contribution < -0.4 is 10.6 Å². The average molecular weight is 417 g/mol. The summed E-state index contributed by atoms with van der Waals surface area (Å²) in [5.41, 5.74) is 1.58. The average Bonchev–Trinajstić information content (AvgIpc) is 3.36. The van der Waals surface area contributed by atoms with Gasteiger partial charge in [-0.3, -0.25) is 4.99 Å². The largest absolute Gasteiger partial charge is 0.356 e. The van der Waals surface area contributed by atoms with E-state index in [0.29, 0.717) is 5.41 Å². The molecule has 5 heteroatoms. The van der Waals surface area contributed by atoms with E-state index in [9.17, 15) is 4.39 Å². The third-order valence-corrected chi connectivity index (χ3v) is 4.76. The lowest BCUT2D eigenvalue weighted by Gasteiger charge is -2.18. The lowest BCUT2D eigenvalue weighted by Crippen LogP contribution is -2.41. The summed E-state index contributed by atoms with van der Waals surface area (Å²) in [7, 11) is 1.80. The van der Waals surface area contributed by atoms with Crippen molar-refractivity contribution in [3.05, 3.63) is 35.6 Å². The summed E-state index contributed by atoms with van der Waals surface area (Å²) in [6.07, 6.45) is 6.35. The molecule has 0 radical (unpaired) electrons. The van der Waals surface area contributed by atoms with Crippen molar-refractivity contribution in [1.29, 1.82) is 0 Å². The highest BCUT2D eigenvalue weighted by Crippen LogP contribution is 2.60. The lowest BCUT2D eigenvalue weighted by atomic mass is 10.0. The molecule has 22 heavy (non-hydrogen) atoms. The minimum Gasteiger partial charge on any atom is -0.356 e. The van der Waals surface area contributed by atoms with Crippen LogP contribution in [0, 0.1) is 17.2 Å². The molecule has 0 spiro atoms. The van der Waals surface area contributed by atoms with Crippen LogP contribution in [0.15, 0.2) is 29.3 Å². The molecule has 3 rings (SSSR count). The molecular weight excluding hydrogens is 392 g/mol. The van der Waals surface area contributed by atoms with E-state index in [2.05, 4.69) is 15.6 Å². The van der Waals surface area contributed by atoms with Gasteiger partial charge in [0, 0.05) is 20.1 Å². The second-order valence-electron chi connectivity index (χ2n) is 6.37. The number of hydrogen-bond acceptors (Lipinski definition) is 1. The summed E-state index contributed by atoms with van der Waals surface area (Å²) in [5.74, 6) is 1.64. The van der Waals surface area contributed by atoms with E-state index >= 15 is 0 Å². The van der Waals surface area contributed by atoms with Crippen LogP contribution in [0.2, 0.25) is 0 Å². The molecule has 2 N–H and O–H groups in total. The number of nitrogens with one attached hydrogen (secondary N) is 2. The number of rotatable bonds is 6. The maximum atomic E-state index is 13.1. The Morgan fingerprint density at radius 1 is 1.32 bits per heavy atom. The van der Waals surface area contributed by atoms with Gasteiger partial charge in [0.05, 0.1) is 0 Å². The fraction of sp³-hybridized carbons (Fsp3) is 0.588. The Morgan fingerprint density at radius 2 is 2.09 bits per heavy atom. The zero-order chi connectivity index (χ0) is 14.7. The normalized spacial score (nSPS) is 19.3. The molecule has 2 aliphatic carbocycles. The predicted molar refractivity (Wildman–Crippen MR) is 99.3 cm³/mol. The predicted octanol–water partition coefficient (Wildman–Crippen LogP) is 3.34. The maximum absolute atomic E-state index is 13.1. The first-order valence-electron chi connectivity index (χ1n) is 7.91. The first kappa shape index (κ1) is 17.5. The second-order valence-corrected chi connectivity index (χ2v) is 6.37. The number of nitrogens with zero attached hydrogens (tertiary/aromatic N) is 1. The van der Waals surface area contributed by atoms with E-state index in [4.69, 9.17) is 0 Å². The van der Waals surface area contributed by atoms with Crippen molar-refractivity contribution in [2.45, 2.75) is 32.1 Å². The molecule has 1 aromatic carbocycles. The molecule has 1 aromatic rings. The Bertz CT molecular complexity index is 524. The molecule has 3 nitrogen and oxygen atoms in total. The number of aliphatic imine (C=N–C) groups is 1. The summed E-state index contributed by atoms with van der Waals surface area (Å²) >= 11 is 0. The highest BCUT2D eigenvalue weighted by Gasteiger charge is 2.53. The smallest absolute Gasteiger partial charge is 0.191 e. The van der Waals surface area contributed by atoms with E-state index in [0.717, 1.165) is 37.0 Å². The Labute approximate surface area is 149 Å². The minimum atomic E-state index is -0.171. The SMILES string of the molecule is CN=C(NCCc1cccc(F)c1)NCC1(C2CC2)CC1.I. The quantitative estimate of drug-likeness (QED) is 0.423. The number of halogens is 2. The van der Waals surface area contributed by atoms with Crippen LogP contribution in [0.25, 0.3) is 0 Å². The summed E-state index contributed by atoms with van der Waals surface area (Å²) < 4.78 is 13.1. The molecule has 0 heterocycles. The Kier molecular flexibility index (Phi) is 6.06. The van der Waals surface area contributed by atoms with Crippen molar-refractivity contribution in [3.63, 3.8) is 0 Å². The summed E-state index contributed by atoms with van der Waals surface area (Å²) in [6.45, 7) is 1.80. The monoisotopic (exact) mass is 417 g/mol. The molecule has 0 saturated heterocycles. The zero-order valence-electron chi connectivity index (χ0n) is 13.1. The Hall–Kier alpha value is -0.850. The topological polar surface area (TPSA) is 36.4 Å². The van der Waals surface area contributed by atoms with Crippen molar-refractivity contribution in [2.24, 2.45) is 16.3 Å². The van der Waals surface area contributed by atoms with Crippen LogP contribution in [-0.4, -0.2) is 26.1 Å². The number of hydrogen-bond donors (Lipinski definition) is 2. The highest BCUT2D eigenvalue weighted by molar-refractivity contribution is 14.0. The third-order valence-electron chi connectivity index (χ3n) is 4.76. The van der Waals surface area contributed by atoms with Gasteiger partial charge in [-0.05, 0) is 61.1 Å². The van der Waals surface area contributed by atoms with E-state index in [1.807, 2.05) is 6.07 Å². The zero-order valence-corrected chi connectivity index (χ0v) is 15.4. The van der Waals surface area contributed by atoms with Crippen LogP contribution in [0.5, 0.6) is 0 Å². The molecule has 122 valence electrons. The molecule has 0 amide bonds. The van der Waals surface area contributed by atoms with Crippen LogP contribution in [-0.2, 0) is 6.42 Å². The Balaban J connectivity index is 0.00000176. The van der Waals surface area contributed by atoms with Crippen LogP contribution in [0.4, 0.5) is 4.39 Å². The van der Waals surface area contributed by atoms with Crippen molar-refractivity contribution >= 4 is 29.9 Å². The standard InChI is InChI=1S/C17H24FN3.HI/c1-19-16(21-12-17(8-9-17)14-5-6-14)20-10-7-13-3-2-4-15(18)11-13;/h2-4,11,14H,5-10,12H2,1H3,(H2,19,20,21);1H. The van der Waals surface area contributed by atoms with Crippen LogP contribution in [0.1, 0.15) is 31.2 Å². The van der Waals surface area contributed by atoms with E-state index in [-0.39, 0.29) is 29.8 Å². The van der Waals surface area contributed by atoms with Gasteiger partial charge in [-0.25, -0.2) is 4.39 Å². The van der Waals surface area contributed by atoms with Gasteiger partial charge in [-0.2, -0.15) is 0 Å². The molecule has 2 aliphatic rings. The van der Waals surface area contributed by atoms with Gasteiger partial charge >= 0.3 is 0 Å². The van der Waals surface area contributed by atoms with Crippen LogP contribution in [0.3, 0.4) is 0 Å². The lowest BCUT2D eigenvalue weighted by molar-refractivity contribution is 0.431. The highest BCUT2D eigenvalue weighted by atomic mass is 127. The van der Waals surface area contributed by atoms with E-state index in [1.54, 1.807) is 19.2 Å². The van der Waals surface area contributed by atoms with Gasteiger partial charge < -0.3 is 10.6 Å². The summed E-state index contributed by atoms with van der Waals surface area (Å²) in [4.78, 5) is 4.27. The van der Waals surface area contributed by atoms with Crippen molar-refractivity contribution in [1.82, 2.24) is 10.6 Å². The van der Waals surface area contributed by atoms with Gasteiger partial charge in [0.25, 0.3) is 0 Å². The molecule has 2 saturated carbocycles. The molecular formula is C17H25FIN3. The van der Waals surface area contributed by atoms with E-state index < -0.39 is 0 Å². The summed E-state index contributed by atoms with van der Waals surface area (Å²) in [6, 6.07) is 6.77. The first-order chi connectivity index (χ1) is 10.2. The Morgan fingerprint density at radius 3 is 2.68 bits per heavy atom. The van der Waals surface area contributed by atoms with E-state index in [1.165, 1.54) is 31.7 Å². The third kappa shape index (κ3) is 4.57. The van der Waals surface area contributed by atoms with Gasteiger partial charge in [0.1, 0.15) is 5.82 Å². The second kappa shape index (κ2) is 7.62. The van der Waals surface area contributed by atoms with Crippen molar-refractivity contribution in [3.8, 4) is 0 Å². The molecule has 0 aromatic heterocycles. The summed E-state index contributed by atoms with van der Waals surface area (Å²) in [5, 5.41) is 6.77. The van der Waals surface area contributed by atoms with Gasteiger partial charge in [0.15, 0.2) is 5.96 Å². The number of guanidine groups is 1. The van der Waals surface area contributed by atoms with Crippen molar-refractivity contribution < 1.29 is 4.39 Å². The van der Waals surface area contributed by atoms with Crippen LogP contribution >= 0.6 is 24.0 Å². The maximum Gasteiger partial charge on any atom is 0.191 e.